The fourth-order valence-corrected chi connectivity index (χ4v) is 4.17. The average molecular weight is 306 g/mol. The normalized spacial score (nSPS) is 21.5. The van der Waals surface area contributed by atoms with Gasteiger partial charge in [0.15, 0.2) is 0 Å². The van der Waals surface area contributed by atoms with E-state index in [1.165, 1.54) is 22.5 Å². The Morgan fingerprint density at radius 3 is 2.56 bits per heavy atom. The summed E-state index contributed by atoms with van der Waals surface area (Å²) in [5, 5.41) is 0.561. The van der Waals surface area contributed by atoms with Crippen molar-refractivity contribution in [3.63, 3.8) is 0 Å². The number of sulfonamides is 1. The Labute approximate surface area is 117 Å². The quantitative estimate of drug-likeness (QED) is 0.787. The molecule has 0 N–H and O–H groups in total. The topological polar surface area (TPSA) is 37.4 Å². The van der Waals surface area contributed by atoms with Crippen LogP contribution >= 0.6 is 23.2 Å². The Morgan fingerprint density at radius 2 is 2.06 bits per heavy atom. The van der Waals surface area contributed by atoms with Gasteiger partial charge in [0.25, 0.3) is 0 Å². The summed E-state index contributed by atoms with van der Waals surface area (Å²) in [6.07, 6.45) is 0. The maximum Gasteiger partial charge on any atom is 0.244 e. The van der Waals surface area contributed by atoms with Crippen LogP contribution in [0.1, 0.15) is 6.92 Å². The predicted octanol–water partition coefficient (Wildman–Crippen LogP) is 3.19. The van der Waals surface area contributed by atoms with Crippen LogP contribution in [0.3, 0.4) is 0 Å². The average Bonchev–Trinajstić information content (AvgIpc) is 2.59. The monoisotopic (exact) mass is 305 g/mol. The predicted molar refractivity (Wildman–Crippen MR) is 73.5 cm³/mol. The molecule has 0 bridgehead atoms. The first-order valence-corrected chi connectivity index (χ1v) is 7.65. The molecule has 1 fully saturated rings. The Balaban J connectivity index is 2.40. The highest BCUT2D eigenvalue weighted by atomic mass is 35.5. The van der Waals surface area contributed by atoms with Gasteiger partial charge in [0.05, 0.1) is 5.02 Å². The second-order valence-electron chi connectivity index (χ2n) is 4.43. The number of benzene rings is 1. The Kier molecular flexibility index (Phi) is 3.74. The van der Waals surface area contributed by atoms with Gasteiger partial charge in [0.1, 0.15) is 4.90 Å². The molecule has 0 unspecified atom stereocenters. The standard InChI is InChI=1S/C12H13Cl2NO2S/c1-8-6-15(7-9(8)2)18(16,17)12-4-3-10(13)5-11(12)14/h3-5,9H,1,6-7H2,2H3/t9-/m1/s1. The smallest absolute Gasteiger partial charge is 0.207 e. The van der Waals surface area contributed by atoms with Crippen molar-refractivity contribution in [2.75, 3.05) is 13.1 Å². The molecule has 0 saturated carbocycles. The zero-order valence-corrected chi connectivity index (χ0v) is 12.2. The molecule has 3 nitrogen and oxygen atoms in total. The summed E-state index contributed by atoms with van der Waals surface area (Å²) in [5.41, 5.74) is 0.920. The molecule has 1 atom stereocenters. The number of rotatable bonds is 2. The number of hydrogen-bond acceptors (Lipinski definition) is 2. The van der Waals surface area contributed by atoms with Gasteiger partial charge in [-0.05, 0) is 24.1 Å². The van der Waals surface area contributed by atoms with E-state index in [1.54, 1.807) is 0 Å². The first kappa shape index (κ1) is 13.9. The summed E-state index contributed by atoms with van der Waals surface area (Å²) in [6, 6.07) is 4.39. The molecule has 98 valence electrons. The molecule has 1 aromatic carbocycles. The summed E-state index contributed by atoms with van der Waals surface area (Å²) >= 11 is 11.7. The van der Waals surface area contributed by atoms with Crippen molar-refractivity contribution in [1.82, 2.24) is 4.31 Å². The second kappa shape index (κ2) is 4.85. The van der Waals surface area contributed by atoms with Crippen molar-refractivity contribution in [2.45, 2.75) is 11.8 Å². The van der Waals surface area contributed by atoms with Crippen molar-refractivity contribution < 1.29 is 8.42 Å². The maximum atomic E-state index is 12.4. The van der Waals surface area contributed by atoms with Crippen LogP contribution in [-0.2, 0) is 10.0 Å². The van der Waals surface area contributed by atoms with Crippen LogP contribution in [-0.4, -0.2) is 25.8 Å². The minimum atomic E-state index is -3.57. The van der Waals surface area contributed by atoms with E-state index in [-0.39, 0.29) is 15.8 Å². The van der Waals surface area contributed by atoms with Crippen molar-refractivity contribution in [3.8, 4) is 0 Å². The van der Waals surface area contributed by atoms with Crippen LogP contribution in [0.25, 0.3) is 0 Å². The first-order valence-electron chi connectivity index (χ1n) is 5.45. The van der Waals surface area contributed by atoms with E-state index >= 15 is 0 Å². The van der Waals surface area contributed by atoms with Gasteiger partial charge in [-0.25, -0.2) is 8.42 Å². The molecule has 0 aromatic heterocycles. The number of hydrogen-bond donors (Lipinski definition) is 0. The lowest BCUT2D eigenvalue weighted by molar-refractivity contribution is 0.464. The van der Waals surface area contributed by atoms with E-state index in [1.807, 2.05) is 6.92 Å². The lowest BCUT2D eigenvalue weighted by Gasteiger charge is -2.16. The van der Waals surface area contributed by atoms with Gasteiger partial charge in [-0.2, -0.15) is 4.31 Å². The van der Waals surface area contributed by atoms with Crippen molar-refractivity contribution >= 4 is 33.2 Å². The van der Waals surface area contributed by atoms with E-state index in [0.717, 1.165) is 5.57 Å². The van der Waals surface area contributed by atoms with Crippen LogP contribution in [0.2, 0.25) is 10.0 Å². The number of nitrogens with zero attached hydrogens (tertiary/aromatic N) is 1. The van der Waals surface area contributed by atoms with Gasteiger partial charge in [0, 0.05) is 18.1 Å². The van der Waals surface area contributed by atoms with Gasteiger partial charge in [0.2, 0.25) is 10.0 Å². The Morgan fingerprint density at radius 1 is 1.39 bits per heavy atom. The second-order valence-corrected chi connectivity index (χ2v) is 7.18. The first-order chi connectivity index (χ1) is 8.32. The van der Waals surface area contributed by atoms with Crippen LogP contribution in [0.4, 0.5) is 0 Å². The molecular weight excluding hydrogens is 293 g/mol. The lowest BCUT2D eigenvalue weighted by Crippen LogP contribution is -2.28. The minimum Gasteiger partial charge on any atom is -0.207 e. The summed E-state index contributed by atoms with van der Waals surface area (Å²) in [5.74, 6) is 0.172. The molecule has 6 heteroatoms. The fourth-order valence-electron chi connectivity index (χ4n) is 1.89. The summed E-state index contributed by atoms with van der Waals surface area (Å²) < 4.78 is 26.2. The molecule has 0 amide bonds. The van der Waals surface area contributed by atoms with E-state index in [0.29, 0.717) is 18.1 Å². The minimum absolute atomic E-state index is 0.0930. The van der Waals surface area contributed by atoms with Crippen molar-refractivity contribution in [1.29, 1.82) is 0 Å². The summed E-state index contributed by atoms with van der Waals surface area (Å²) in [7, 11) is -3.57. The highest BCUT2D eigenvalue weighted by Gasteiger charge is 2.33. The van der Waals surface area contributed by atoms with E-state index < -0.39 is 10.0 Å². The van der Waals surface area contributed by atoms with Gasteiger partial charge in [-0.3, -0.25) is 0 Å². The third kappa shape index (κ3) is 2.43. The molecule has 1 aliphatic heterocycles. The SMILES string of the molecule is C=C1CN(S(=O)(=O)c2ccc(Cl)cc2Cl)C[C@H]1C. The lowest BCUT2D eigenvalue weighted by atomic mass is 10.1. The van der Waals surface area contributed by atoms with Crippen LogP contribution < -0.4 is 0 Å². The molecule has 1 aliphatic rings. The number of halogens is 2. The molecule has 0 radical (unpaired) electrons. The summed E-state index contributed by atoms with van der Waals surface area (Å²) in [4.78, 5) is 0.0930. The van der Waals surface area contributed by atoms with Gasteiger partial charge >= 0.3 is 0 Å². The zero-order valence-electron chi connectivity index (χ0n) is 9.86. The molecule has 0 spiro atoms. The van der Waals surface area contributed by atoms with Crippen LogP contribution in [0.5, 0.6) is 0 Å². The third-order valence-electron chi connectivity index (χ3n) is 3.07. The van der Waals surface area contributed by atoms with Crippen LogP contribution in [0, 0.1) is 5.92 Å². The van der Waals surface area contributed by atoms with Gasteiger partial charge in [-0.15, -0.1) is 0 Å². The zero-order chi connectivity index (χ0) is 13.5. The summed E-state index contributed by atoms with van der Waals surface area (Å²) in [6.45, 7) is 6.62. The van der Waals surface area contributed by atoms with Gasteiger partial charge < -0.3 is 0 Å². The van der Waals surface area contributed by atoms with Crippen molar-refractivity contribution in [2.24, 2.45) is 5.92 Å². The van der Waals surface area contributed by atoms with E-state index in [2.05, 4.69) is 6.58 Å². The molecule has 1 aromatic rings. The Hall–Kier alpha value is -0.550. The highest BCUT2D eigenvalue weighted by molar-refractivity contribution is 7.89. The third-order valence-corrected chi connectivity index (χ3v) is 5.60. The molecule has 0 aliphatic carbocycles. The largest absolute Gasteiger partial charge is 0.244 e. The molecule has 18 heavy (non-hydrogen) atoms. The van der Waals surface area contributed by atoms with Crippen LogP contribution in [0.15, 0.2) is 35.2 Å². The Bertz CT molecular complexity index is 598. The van der Waals surface area contributed by atoms with Gasteiger partial charge in [-0.1, -0.05) is 42.3 Å². The molecule has 1 heterocycles. The molecule has 1 saturated heterocycles. The molecular formula is C12H13Cl2NO2S. The fraction of sp³-hybridized carbons (Fsp3) is 0.333. The highest BCUT2D eigenvalue weighted by Crippen LogP contribution is 2.31. The van der Waals surface area contributed by atoms with E-state index in [9.17, 15) is 8.42 Å². The molecule has 2 rings (SSSR count). The van der Waals surface area contributed by atoms with Crippen molar-refractivity contribution in [3.05, 3.63) is 40.4 Å². The van der Waals surface area contributed by atoms with E-state index in [4.69, 9.17) is 23.2 Å². The maximum absolute atomic E-state index is 12.4.